The van der Waals surface area contributed by atoms with Crippen LogP contribution in [0.5, 0.6) is 0 Å². The molecular weight excluding hydrogens is 204 g/mol. The van der Waals surface area contributed by atoms with Crippen molar-refractivity contribution >= 4 is 5.97 Å². The van der Waals surface area contributed by atoms with Crippen LogP contribution in [-0.4, -0.2) is 23.8 Å². The number of rotatable bonds is 7. The van der Waals surface area contributed by atoms with Gasteiger partial charge < -0.3 is 9.84 Å². The highest BCUT2D eigenvalue weighted by atomic mass is 16.5. The zero-order chi connectivity index (χ0) is 11.8. The van der Waals surface area contributed by atoms with Crippen LogP contribution in [0.4, 0.5) is 0 Å². The van der Waals surface area contributed by atoms with Gasteiger partial charge in [-0.05, 0) is 19.3 Å². The van der Waals surface area contributed by atoms with E-state index in [1.54, 1.807) is 0 Å². The number of carbonyl (C=O) groups is 1. The number of hydrogen-bond donors (Lipinski definition) is 1. The summed E-state index contributed by atoms with van der Waals surface area (Å²) < 4.78 is 5.58. The maximum Gasteiger partial charge on any atom is 0.309 e. The highest BCUT2D eigenvalue weighted by Crippen LogP contribution is 2.25. The zero-order valence-corrected chi connectivity index (χ0v) is 10.3. The summed E-state index contributed by atoms with van der Waals surface area (Å²) in [5.41, 5.74) is 0. The van der Waals surface area contributed by atoms with Gasteiger partial charge in [0.2, 0.25) is 0 Å². The quantitative estimate of drug-likeness (QED) is 0.680. The van der Waals surface area contributed by atoms with Gasteiger partial charge in [0.15, 0.2) is 0 Å². The second-order valence-electron chi connectivity index (χ2n) is 4.70. The zero-order valence-electron chi connectivity index (χ0n) is 10.3. The van der Waals surface area contributed by atoms with Crippen LogP contribution in [-0.2, 0) is 9.53 Å². The molecule has 0 spiro atoms. The van der Waals surface area contributed by atoms with Crippen molar-refractivity contribution < 1.29 is 14.6 Å². The van der Waals surface area contributed by atoms with Gasteiger partial charge in [0, 0.05) is 6.61 Å². The maximum atomic E-state index is 11.0. The molecule has 0 aromatic carbocycles. The third-order valence-electron chi connectivity index (χ3n) is 3.35. The first kappa shape index (κ1) is 13.5. The van der Waals surface area contributed by atoms with E-state index >= 15 is 0 Å². The third kappa shape index (κ3) is 4.52. The number of carboxylic acid groups (broad SMARTS) is 1. The number of aliphatic carboxylic acids is 1. The summed E-state index contributed by atoms with van der Waals surface area (Å²) in [7, 11) is 0. The van der Waals surface area contributed by atoms with E-state index in [-0.39, 0.29) is 12.0 Å². The molecule has 0 saturated carbocycles. The average molecular weight is 228 g/mol. The molecule has 2 atom stereocenters. The second kappa shape index (κ2) is 7.66. The molecule has 0 aromatic rings. The minimum atomic E-state index is -0.682. The Kier molecular flexibility index (Phi) is 6.46. The molecule has 1 rings (SSSR count). The van der Waals surface area contributed by atoms with Crippen LogP contribution in [0.25, 0.3) is 0 Å². The van der Waals surface area contributed by atoms with Gasteiger partial charge >= 0.3 is 5.97 Å². The van der Waals surface area contributed by atoms with Crippen molar-refractivity contribution in [3.8, 4) is 0 Å². The van der Waals surface area contributed by atoms with Crippen LogP contribution in [0, 0.1) is 5.92 Å². The minimum Gasteiger partial charge on any atom is -0.481 e. The van der Waals surface area contributed by atoms with Gasteiger partial charge in [-0.25, -0.2) is 0 Å². The third-order valence-corrected chi connectivity index (χ3v) is 3.35. The molecule has 16 heavy (non-hydrogen) atoms. The fourth-order valence-electron chi connectivity index (χ4n) is 2.36. The van der Waals surface area contributed by atoms with Crippen LogP contribution in [0.2, 0.25) is 0 Å². The molecule has 1 aliphatic rings. The topological polar surface area (TPSA) is 46.5 Å². The van der Waals surface area contributed by atoms with E-state index in [4.69, 9.17) is 9.84 Å². The highest BCUT2D eigenvalue weighted by molar-refractivity contribution is 5.70. The van der Waals surface area contributed by atoms with Gasteiger partial charge in [0.1, 0.15) is 0 Å². The van der Waals surface area contributed by atoms with Crippen LogP contribution in [0.15, 0.2) is 0 Å². The number of carboxylic acids is 1. The van der Waals surface area contributed by atoms with Crippen LogP contribution >= 0.6 is 0 Å². The number of unbranched alkanes of at least 4 members (excludes halogenated alkanes) is 4. The van der Waals surface area contributed by atoms with Crippen molar-refractivity contribution in [1.82, 2.24) is 0 Å². The predicted molar refractivity (Wildman–Crippen MR) is 63.5 cm³/mol. The summed E-state index contributed by atoms with van der Waals surface area (Å²) in [6, 6.07) is 0. The molecule has 1 saturated heterocycles. The van der Waals surface area contributed by atoms with Crippen LogP contribution in [0.1, 0.15) is 58.3 Å². The molecule has 0 radical (unpaired) electrons. The fourth-order valence-corrected chi connectivity index (χ4v) is 2.36. The molecule has 1 N–H and O–H groups in total. The van der Waals surface area contributed by atoms with Gasteiger partial charge in [-0.15, -0.1) is 0 Å². The molecular formula is C13H24O3. The lowest BCUT2D eigenvalue weighted by molar-refractivity contribution is -0.151. The monoisotopic (exact) mass is 228 g/mol. The average Bonchev–Trinajstić information content (AvgIpc) is 2.29. The Bertz CT molecular complexity index is 203. The lowest BCUT2D eigenvalue weighted by Crippen LogP contribution is -2.34. The minimum absolute atomic E-state index is 0.0344. The number of hydrogen-bond acceptors (Lipinski definition) is 2. The van der Waals surface area contributed by atoms with Crippen molar-refractivity contribution in [2.75, 3.05) is 6.61 Å². The Balaban J connectivity index is 2.19. The van der Waals surface area contributed by atoms with Crippen molar-refractivity contribution in [1.29, 1.82) is 0 Å². The van der Waals surface area contributed by atoms with Crippen molar-refractivity contribution in [2.45, 2.75) is 64.4 Å². The summed E-state index contributed by atoms with van der Waals surface area (Å²) in [6.45, 7) is 2.94. The Hall–Kier alpha value is -0.570. The smallest absolute Gasteiger partial charge is 0.309 e. The Morgan fingerprint density at radius 3 is 2.75 bits per heavy atom. The van der Waals surface area contributed by atoms with Crippen molar-refractivity contribution in [2.24, 2.45) is 5.92 Å². The van der Waals surface area contributed by atoms with E-state index < -0.39 is 5.97 Å². The van der Waals surface area contributed by atoms with E-state index in [2.05, 4.69) is 6.92 Å². The first-order valence-electron chi connectivity index (χ1n) is 6.60. The molecule has 1 fully saturated rings. The molecule has 94 valence electrons. The molecule has 1 aliphatic heterocycles. The van der Waals surface area contributed by atoms with Gasteiger partial charge in [-0.3, -0.25) is 4.79 Å². The predicted octanol–water partition coefficient (Wildman–Crippen LogP) is 3.23. The SMILES string of the molecule is CCCCCCCC1OCCCC1C(=O)O. The van der Waals surface area contributed by atoms with E-state index in [0.717, 1.165) is 32.3 Å². The molecule has 2 unspecified atom stereocenters. The summed E-state index contributed by atoms with van der Waals surface area (Å²) >= 11 is 0. The molecule has 3 heteroatoms. The van der Waals surface area contributed by atoms with E-state index in [9.17, 15) is 4.79 Å². The van der Waals surface area contributed by atoms with Gasteiger partial charge in [-0.2, -0.15) is 0 Å². The normalized spacial score (nSPS) is 25.6. The van der Waals surface area contributed by atoms with Crippen molar-refractivity contribution in [3.63, 3.8) is 0 Å². The Labute approximate surface area is 98.2 Å². The maximum absolute atomic E-state index is 11.0. The largest absolute Gasteiger partial charge is 0.481 e. The molecule has 0 aromatic heterocycles. The van der Waals surface area contributed by atoms with Gasteiger partial charge in [-0.1, -0.05) is 39.0 Å². The van der Waals surface area contributed by atoms with Crippen LogP contribution < -0.4 is 0 Å². The second-order valence-corrected chi connectivity index (χ2v) is 4.70. The Morgan fingerprint density at radius 1 is 1.31 bits per heavy atom. The molecule has 1 heterocycles. The summed E-state index contributed by atoms with van der Waals surface area (Å²) in [5, 5.41) is 9.07. The number of ether oxygens (including phenoxy) is 1. The highest BCUT2D eigenvalue weighted by Gasteiger charge is 2.30. The molecule has 3 nitrogen and oxygen atoms in total. The first-order chi connectivity index (χ1) is 7.75. The summed E-state index contributed by atoms with van der Waals surface area (Å²) in [6.07, 6.45) is 8.67. The van der Waals surface area contributed by atoms with E-state index in [0.29, 0.717) is 0 Å². The standard InChI is InChI=1S/C13H24O3/c1-2-3-4-5-6-9-12-11(13(14)15)8-7-10-16-12/h11-12H,2-10H2,1H3,(H,14,15). The van der Waals surface area contributed by atoms with Crippen molar-refractivity contribution in [3.05, 3.63) is 0 Å². The van der Waals surface area contributed by atoms with E-state index in [1.807, 2.05) is 0 Å². The fraction of sp³-hybridized carbons (Fsp3) is 0.923. The van der Waals surface area contributed by atoms with E-state index in [1.165, 1.54) is 25.7 Å². The molecule has 0 amide bonds. The van der Waals surface area contributed by atoms with Gasteiger partial charge in [0.05, 0.1) is 12.0 Å². The van der Waals surface area contributed by atoms with Crippen LogP contribution in [0.3, 0.4) is 0 Å². The molecule has 0 bridgehead atoms. The lowest BCUT2D eigenvalue weighted by Gasteiger charge is -2.28. The van der Waals surface area contributed by atoms with Gasteiger partial charge in [0.25, 0.3) is 0 Å². The Morgan fingerprint density at radius 2 is 2.06 bits per heavy atom. The summed E-state index contributed by atoms with van der Waals surface area (Å²) in [5.74, 6) is -0.946. The molecule has 0 aliphatic carbocycles. The summed E-state index contributed by atoms with van der Waals surface area (Å²) in [4.78, 5) is 11.0. The first-order valence-corrected chi connectivity index (χ1v) is 6.60. The lowest BCUT2D eigenvalue weighted by atomic mass is 9.91.